The van der Waals surface area contributed by atoms with Crippen LogP contribution in [0, 0.1) is 5.92 Å². The second-order valence-corrected chi connectivity index (χ2v) is 6.32. The number of alkyl halides is 3. The molecular formula is C9H14F3NO4S. The zero-order valence-electron chi connectivity index (χ0n) is 9.64. The van der Waals surface area contributed by atoms with Crippen LogP contribution in [0.1, 0.15) is 19.8 Å². The fraction of sp³-hybridized carbons (Fsp3) is 0.889. The topological polar surface area (TPSA) is 74.7 Å². The zero-order valence-corrected chi connectivity index (χ0v) is 10.5. The molecule has 1 heterocycles. The number of piperidine rings is 1. The molecule has 106 valence electrons. The maximum absolute atomic E-state index is 12.2. The van der Waals surface area contributed by atoms with E-state index in [-0.39, 0.29) is 12.8 Å². The molecule has 0 aromatic rings. The third-order valence-electron chi connectivity index (χ3n) is 2.88. The molecule has 0 saturated carbocycles. The maximum Gasteiger partial charge on any atom is 0.404 e. The van der Waals surface area contributed by atoms with Crippen LogP contribution in [-0.4, -0.2) is 48.3 Å². The van der Waals surface area contributed by atoms with E-state index in [1.54, 1.807) is 0 Å². The zero-order chi connectivity index (χ0) is 14.1. The molecule has 5 nitrogen and oxygen atoms in total. The van der Waals surface area contributed by atoms with E-state index in [0.29, 0.717) is 4.31 Å². The van der Waals surface area contributed by atoms with Gasteiger partial charge in [0.25, 0.3) is 0 Å². The van der Waals surface area contributed by atoms with Crippen LogP contribution in [0.5, 0.6) is 0 Å². The fourth-order valence-corrected chi connectivity index (χ4v) is 3.59. The van der Waals surface area contributed by atoms with Gasteiger partial charge in [-0.25, -0.2) is 8.42 Å². The van der Waals surface area contributed by atoms with Gasteiger partial charge in [-0.1, -0.05) is 0 Å². The van der Waals surface area contributed by atoms with E-state index in [9.17, 15) is 26.4 Å². The Morgan fingerprint density at radius 2 is 1.94 bits per heavy atom. The van der Waals surface area contributed by atoms with Gasteiger partial charge in [-0.05, 0) is 19.8 Å². The second kappa shape index (κ2) is 5.04. The highest BCUT2D eigenvalue weighted by Gasteiger charge is 2.43. The van der Waals surface area contributed by atoms with Crippen molar-refractivity contribution < 1.29 is 31.5 Å². The Hall–Kier alpha value is -0.830. The number of aliphatic carboxylic acids is 1. The number of carbonyl (C=O) groups is 1. The molecule has 0 spiro atoms. The SMILES string of the molecule is CC1CCC(C(=O)O)CN1S(=O)(=O)CC(F)(F)F. The molecule has 0 bridgehead atoms. The molecule has 0 aromatic heterocycles. The van der Waals surface area contributed by atoms with Crippen LogP contribution in [0.2, 0.25) is 0 Å². The largest absolute Gasteiger partial charge is 0.481 e. The first-order valence-electron chi connectivity index (χ1n) is 5.32. The Bertz CT molecular complexity index is 420. The van der Waals surface area contributed by atoms with Gasteiger partial charge in [0.1, 0.15) is 0 Å². The Labute approximate surface area is 103 Å². The van der Waals surface area contributed by atoms with Crippen molar-refractivity contribution in [3.8, 4) is 0 Å². The molecule has 18 heavy (non-hydrogen) atoms. The van der Waals surface area contributed by atoms with Gasteiger partial charge in [-0.15, -0.1) is 0 Å². The summed E-state index contributed by atoms with van der Waals surface area (Å²) in [5.74, 6) is -4.07. The smallest absolute Gasteiger partial charge is 0.404 e. The lowest BCUT2D eigenvalue weighted by atomic mass is 9.96. The van der Waals surface area contributed by atoms with Gasteiger partial charge in [0, 0.05) is 12.6 Å². The van der Waals surface area contributed by atoms with Gasteiger partial charge in [-0.2, -0.15) is 17.5 Å². The lowest BCUT2D eigenvalue weighted by Crippen LogP contribution is -2.49. The standard InChI is InChI=1S/C9H14F3NO4S/c1-6-2-3-7(8(14)15)4-13(6)18(16,17)5-9(10,11)12/h6-7H,2-5H2,1H3,(H,14,15). The average molecular weight is 289 g/mol. The number of rotatable bonds is 3. The van der Waals surface area contributed by atoms with Gasteiger partial charge in [-0.3, -0.25) is 4.79 Å². The Balaban J connectivity index is 2.88. The molecule has 1 N–H and O–H groups in total. The molecule has 0 aromatic carbocycles. The summed E-state index contributed by atoms with van der Waals surface area (Å²) < 4.78 is 60.3. The van der Waals surface area contributed by atoms with Crippen molar-refractivity contribution in [2.24, 2.45) is 5.92 Å². The third-order valence-corrected chi connectivity index (χ3v) is 4.79. The molecule has 0 amide bonds. The predicted octanol–water partition coefficient (Wildman–Crippen LogP) is 1.06. The van der Waals surface area contributed by atoms with E-state index in [1.807, 2.05) is 0 Å². The lowest BCUT2D eigenvalue weighted by Gasteiger charge is -2.35. The molecule has 1 aliphatic rings. The van der Waals surface area contributed by atoms with E-state index in [4.69, 9.17) is 5.11 Å². The first-order chi connectivity index (χ1) is 8.03. The van der Waals surface area contributed by atoms with Crippen LogP contribution < -0.4 is 0 Å². The summed E-state index contributed by atoms with van der Waals surface area (Å²) in [5.41, 5.74) is 0. The minimum Gasteiger partial charge on any atom is -0.481 e. The van der Waals surface area contributed by atoms with Crippen LogP contribution in [-0.2, 0) is 14.8 Å². The highest BCUT2D eigenvalue weighted by molar-refractivity contribution is 7.89. The molecule has 0 aliphatic carbocycles. The number of sulfonamides is 1. The summed E-state index contributed by atoms with van der Waals surface area (Å²) in [6.07, 6.45) is -4.31. The van der Waals surface area contributed by atoms with Gasteiger partial charge < -0.3 is 5.11 Å². The Kier molecular flexibility index (Phi) is 4.26. The van der Waals surface area contributed by atoms with Gasteiger partial charge in [0.15, 0.2) is 5.75 Å². The summed E-state index contributed by atoms with van der Waals surface area (Å²) in [6.45, 7) is 1.08. The van der Waals surface area contributed by atoms with E-state index < -0.39 is 46.4 Å². The van der Waals surface area contributed by atoms with E-state index >= 15 is 0 Å². The van der Waals surface area contributed by atoms with Crippen LogP contribution >= 0.6 is 0 Å². The lowest BCUT2D eigenvalue weighted by molar-refractivity contribution is -0.143. The first kappa shape index (κ1) is 15.2. The van der Waals surface area contributed by atoms with Crippen LogP contribution in [0.25, 0.3) is 0 Å². The highest BCUT2D eigenvalue weighted by Crippen LogP contribution is 2.28. The predicted molar refractivity (Wildman–Crippen MR) is 56.4 cm³/mol. The quantitative estimate of drug-likeness (QED) is 0.843. The minimum atomic E-state index is -4.82. The van der Waals surface area contributed by atoms with E-state index in [1.165, 1.54) is 6.92 Å². The van der Waals surface area contributed by atoms with Crippen molar-refractivity contribution in [2.75, 3.05) is 12.3 Å². The summed E-state index contributed by atoms with van der Waals surface area (Å²) in [4.78, 5) is 10.8. The normalized spacial score (nSPS) is 27.1. The molecule has 2 atom stereocenters. The molecule has 1 fully saturated rings. The van der Waals surface area contributed by atoms with Crippen LogP contribution in [0.15, 0.2) is 0 Å². The number of nitrogens with zero attached hydrogens (tertiary/aromatic N) is 1. The molecule has 1 aliphatic heterocycles. The molecule has 0 radical (unpaired) electrons. The van der Waals surface area contributed by atoms with Crippen molar-refractivity contribution in [1.82, 2.24) is 4.31 Å². The maximum atomic E-state index is 12.2. The van der Waals surface area contributed by atoms with E-state index in [2.05, 4.69) is 0 Å². The summed E-state index contributed by atoms with van der Waals surface area (Å²) in [7, 11) is -4.51. The second-order valence-electron chi connectivity index (χ2n) is 4.40. The minimum absolute atomic E-state index is 0.244. The number of hydrogen-bond acceptors (Lipinski definition) is 3. The van der Waals surface area contributed by atoms with Gasteiger partial charge in [0.05, 0.1) is 5.92 Å². The molecular weight excluding hydrogens is 275 g/mol. The first-order valence-corrected chi connectivity index (χ1v) is 6.93. The van der Waals surface area contributed by atoms with Gasteiger partial charge in [0.2, 0.25) is 10.0 Å². The highest BCUT2D eigenvalue weighted by atomic mass is 32.2. The van der Waals surface area contributed by atoms with Crippen molar-refractivity contribution >= 4 is 16.0 Å². The molecule has 9 heteroatoms. The number of carboxylic acids is 1. The monoisotopic (exact) mass is 289 g/mol. The number of hydrogen-bond donors (Lipinski definition) is 1. The molecule has 2 unspecified atom stereocenters. The molecule has 1 saturated heterocycles. The van der Waals surface area contributed by atoms with Crippen LogP contribution in [0.3, 0.4) is 0 Å². The van der Waals surface area contributed by atoms with Crippen molar-refractivity contribution in [3.63, 3.8) is 0 Å². The van der Waals surface area contributed by atoms with Crippen molar-refractivity contribution in [2.45, 2.75) is 32.0 Å². The Morgan fingerprint density at radius 1 is 1.39 bits per heavy atom. The van der Waals surface area contributed by atoms with Gasteiger partial charge >= 0.3 is 12.1 Å². The number of halogens is 3. The van der Waals surface area contributed by atoms with E-state index in [0.717, 1.165) is 0 Å². The number of carboxylic acid groups (broad SMARTS) is 1. The summed E-state index contributed by atoms with van der Waals surface area (Å²) in [6, 6.07) is -0.604. The van der Waals surface area contributed by atoms with Crippen molar-refractivity contribution in [1.29, 1.82) is 0 Å². The third kappa shape index (κ3) is 3.84. The Morgan fingerprint density at radius 3 is 2.39 bits per heavy atom. The fourth-order valence-electron chi connectivity index (χ4n) is 1.95. The van der Waals surface area contributed by atoms with Crippen molar-refractivity contribution in [3.05, 3.63) is 0 Å². The van der Waals surface area contributed by atoms with Crippen LogP contribution in [0.4, 0.5) is 13.2 Å². The average Bonchev–Trinajstić information content (AvgIpc) is 2.13. The molecule has 1 rings (SSSR count). The summed E-state index contributed by atoms with van der Waals surface area (Å²) in [5, 5.41) is 8.80. The summed E-state index contributed by atoms with van der Waals surface area (Å²) >= 11 is 0.